The van der Waals surface area contributed by atoms with Crippen LogP contribution < -0.4 is 10.1 Å². The lowest BCUT2D eigenvalue weighted by Gasteiger charge is -2.21. The molecule has 1 aromatic carbocycles. The Balaban J connectivity index is 2.29. The number of methoxy groups -OCH3 is 1. The lowest BCUT2D eigenvalue weighted by Crippen LogP contribution is -2.41. The lowest BCUT2D eigenvalue weighted by atomic mass is 9.91. The van der Waals surface area contributed by atoms with Crippen molar-refractivity contribution in [3.05, 3.63) is 24.0 Å². The first-order valence-corrected chi connectivity index (χ1v) is 9.21. The Hall–Kier alpha value is -1.67. The summed E-state index contributed by atoms with van der Waals surface area (Å²) in [6, 6.07) is 3.33. The van der Waals surface area contributed by atoms with E-state index in [2.05, 4.69) is 5.32 Å². The highest BCUT2D eigenvalue weighted by Gasteiger charge is 2.41. The van der Waals surface area contributed by atoms with E-state index < -0.39 is 15.8 Å². The van der Waals surface area contributed by atoms with E-state index in [0.29, 0.717) is 6.54 Å². The molecule has 0 spiro atoms. The third kappa shape index (κ3) is 3.70. The van der Waals surface area contributed by atoms with Crippen molar-refractivity contribution in [2.24, 2.45) is 11.8 Å². The van der Waals surface area contributed by atoms with Gasteiger partial charge in [-0.15, -0.1) is 0 Å². The SMILES string of the molecule is COc1ccc(S(=O)(=O)N2C[C@@H](NC(C)=O)[C@H](C(C)C)C2)cc1F. The fourth-order valence-corrected chi connectivity index (χ4v) is 4.55. The minimum absolute atomic E-state index is 0.00627. The molecular weight excluding hydrogens is 335 g/mol. The average Bonchev–Trinajstić information content (AvgIpc) is 2.91. The number of hydrogen-bond acceptors (Lipinski definition) is 4. The number of rotatable bonds is 5. The Labute approximate surface area is 142 Å². The molecule has 1 amide bonds. The molecule has 134 valence electrons. The van der Waals surface area contributed by atoms with Crippen LogP contribution in [-0.2, 0) is 14.8 Å². The first kappa shape index (κ1) is 18.7. The minimum atomic E-state index is -3.83. The van der Waals surface area contributed by atoms with E-state index in [1.165, 1.54) is 30.5 Å². The number of amides is 1. The highest BCUT2D eigenvalue weighted by Crippen LogP contribution is 2.30. The van der Waals surface area contributed by atoms with Gasteiger partial charge in [0, 0.05) is 26.1 Å². The van der Waals surface area contributed by atoms with Gasteiger partial charge in [0.2, 0.25) is 15.9 Å². The molecule has 2 rings (SSSR count). The topological polar surface area (TPSA) is 75.7 Å². The standard InChI is InChI=1S/C16H23FN2O4S/c1-10(2)13-8-19(9-15(13)18-11(3)20)24(21,22)12-5-6-16(23-4)14(17)7-12/h5-7,10,13,15H,8-9H2,1-4H3,(H,18,20)/t13-,15+/m0/s1. The summed E-state index contributed by atoms with van der Waals surface area (Å²) in [7, 11) is -2.52. The van der Waals surface area contributed by atoms with Gasteiger partial charge in [0.1, 0.15) is 0 Å². The summed E-state index contributed by atoms with van der Waals surface area (Å²) in [6.45, 7) is 5.86. The van der Waals surface area contributed by atoms with Crippen LogP contribution in [0.2, 0.25) is 0 Å². The van der Waals surface area contributed by atoms with Crippen LogP contribution in [0.15, 0.2) is 23.1 Å². The number of ether oxygens (including phenoxy) is 1. The molecule has 0 saturated carbocycles. The van der Waals surface area contributed by atoms with E-state index in [9.17, 15) is 17.6 Å². The van der Waals surface area contributed by atoms with Gasteiger partial charge < -0.3 is 10.1 Å². The summed E-state index contributed by atoms with van der Waals surface area (Å²) in [5, 5.41) is 2.82. The van der Waals surface area contributed by atoms with E-state index in [-0.39, 0.29) is 41.0 Å². The normalized spacial score (nSPS) is 21.9. The molecule has 0 bridgehead atoms. The summed E-state index contributed by atoms with van der Waals surface area (Å²) in [5.41, 5.74) is 0. The second-order valence-corrected chi connectivity index (χ2v) is 8.27. The van der Waals surface area contributed by atoms with Crippen molar-refractivity contribution in [3.63, 3.8) is 0 Å². The Morgan fingerprint density at radius 2 is 2.04 bits per heavy atom. The second kappa shape index (κ2) is 7.06. The molecule has 1 N–H and O–H groups in total. The summed E-state index contributed by atoms with van der Waals surface area (Å²) in [6.07, 6.45) is 0. The summed E-state index contributed by atoms with van der Waals surface area (Å²) in [4.78, 5) is 11.2. The third-order valence-corrected chi connectivity index (χ3v) is 6.17. The maximum absolute atomic E-state index is 13.9. The van der Waals surface area contributed by atoms with Gasteiger partial charge in [0.05, 0.1) is 12.0 Å². The van der Waals surface area contributed by atoms with Crippen molar-refractivity contribution in [3.8, 4) is 5.75 Å². The zero-order valence-corrected chi connectivity index (χ0v) is 15.1. The Morgan fingerprint density at radius 1 is 1.38 bits per heavy atom. The van der Waals surface area contributed by atoms with Gasteiger partial charge in [-0.3, -0.25) is 4.79 Å². The van der Waals surface area contributed by atoms with Gasteiger partial charge in [0.15, 0.2) is 11.6 Å². The maximum Gasteiger partial charge on any atom is 0.243 e. The van der Waals surface area contributed by atoms with Crippen molar-refractivity contribution in [1.82, 2.24) is 9.62 Å². The van der Waals surface area contributed by atoms with E-state index in [0.717, 1.165) is 6.07 Å². The van der Waals surface area contributed by atoms with Crippen LogP contribution in [0.1, 0.15) is 20.8 Å². The predicted octanol–water partition coefficient (Wildman–Crippen LogP) is 1.62. The van der Waals surface area contributed by atoms with Gasteiger partial charge in [-0.25, -0.2) is 12.8 Å². The van der Waals surface area contributed by atoms with Gasteiger partial charge >= 0.3 is 0 Å². The molecule has 0 aliphatic carbocycles. The van der Waals surface area contributed by atoms with Crippen molar-refractivity contribution >= 4 is 15.9 Å². The summed E-state index contributed by atoms with van der Waals surface area (Å²) in [5.74, 6) is -0.718. The third-order valence-electron chi connectivity index (χ3n) is 4.34. The Bertz CT molecular complexity index is 721. The first-order chi connectivity index (χ1) is 11.2. The monoisotopic (exact) mass is 358 g/mol. The predicted molar refractivity (Wildman–Crippen MR) is 87.6 cm³/mol. The highest BCUT2D eigenvalue weighted by molar-refractivity contribution is 7.89. The summed E-state index contributed by atoms with van der Waals surface area (Å²) >= 11 is 0. The van der Waals surface area contributed by atoms with Crippen LogP contribution in [0.25, 0.3) is 0 Å². The van der Waals surface area contributed by atoms with Crippen molar-refractivity contribution in [2.45, 2.75) is 31.7 Å². The fourth-order valence-electron chi connectivity index (χ4n) is 3.03. The van der Waals surface area contributed by atoms with Crippen molar-refractivity contribution in [2.75, 3.05) is 20.2 Å². The largest absolute Gasteiger partial charge is 0.494 e. The average molecular weight is 358 g/mol. The lowest BCUT2D eigenvalue weighted by molar-refractivity contribution is -0.119. The van der Waals surface area contributed by atoms with E-state index in [1.807, 2.05) is 13.8 Å². The van der Waals surface area contributed by atoms with Crippen LogP contribution in [0.4, 0.5) is 4.39 Å². The molecule has 24 heavy (non-hydrogen) atoms. The first-order valence-electron chi connectivity index (χ1n) is 7.77. The minimum Gasteiger partial charge on any atom is -0.494 e. The van der Waals surface area contributed by atoms with Crippen molar-refractivity contribution < 1.29 is 22.3 Å². The van der Waals surface area contributed by atoms with Gasteiger partial charge in [0.25, 0.3) is 0 Å². The van der Waals surface area contributed by atoms with Gasteiger partial charge in [-0.1, -0.05) is 13.8 Å². The molecule has 1 heterocycles. The fraction of sp³-hybridized carbons (Fsp3) is 0.562. The molecule has 1 aliphatic heterocycles. The number of sulfonamides is 1. The number of nitrogens with one attached hydrogen (secondary N) is 1. The van der Waals surface area contributed by atoms with Crippen molar-refractivity contribution in [1.29, 1.82) is 0 Å². The zero-order chi connectivity index (χ0) is 18.1. The smallest absolute Gasteiger partial charge is 0.243 e. The van der Waals surface area contributed by atoms with Crippen LogP contribution in [0.3, 0.4) is 0 Å². The molecule has 0 unspecified atom stereocenters. The molecule has 8 heteroatoms. The van der Waals surface area contributed by atoms with Crippen LogP contribution in [-0.4, -0.2) is 44.9 Å². The van der Waals surface area contributed by atoms with Crippen LogP contribution in [0, 0.1) is 17.7 Å². The van der Waals surface area contributed by atoms with Crippen LogP contribution in [0.5, 0.6) is 5.75 Å². The maximum atomic E-state index is 13.9. The molecule has 0 radical (unpaired) electrons. The Morgan fingerprint density at radius 3 is 2.54 bits per heavy atom. The molecule has 1 saturated heterocycles. The highest BCUT2D eigenvalue weighted by atomic mass is 32.2. The molecule has 6 nitrogen and oxygen atoms in total. The molecule has 0 aromatic heterocycles. The van der Waals surface area contributed by atoms with E-state index in [4.69, 9.17) is 4.74 Å². The number of carbonyl (C=O) groups excluding carboxylic acids is 1. The molecule has 1 aromatic rings. The summed E-state index contributed by atoms with van der Waals surface area (Å²) < 4.78 is 45.6. The number of carbonyl (C=O) groups is 1. The number of hydrogen-bond donors (Lipinski definition) is 1. The second-order valence-electron chi connectivity index (χ2n) is 6.33. The van der Waals surface area contributed by atoms with E-state index in [1.54, 1.807) is 0 Å². The zero-order valence-electron chi connectivity index (χ0n) is 14.2. The van der Waals surface area contributed by atoms with Gasteiger partial charge in [-0.2, -0.15) is 4.31 Å². The molecule has 1 aliphatic rings. The number of nitrogens with zero attached hydrogens (tertiary/aromatic N) is 1. The Kier molecular flexibility index (Phi) is 5.49. The molecular formula is C16H23FN2O4S. The van der Waals surface area contributed by atoms with Gasteiger partial charge in [-0.05, 0) is 30.0 Å². The quantitative estimate of drug-likeness (QED) is 0.868. The molecule has 2 atom stereocenters. The van der Waals surface area contributed by atoms with Crippen LogP contribution >= 0.6 is 0 Å². The van der Waals surface area contributed by atoms with E-state index >= 15 is 0 Å². The number of benzene rings is 1. The molecule has 1 fully saturated rings. The number of halogens is 1.